The number of carbonyl (C=O) groups excluding carboxylic acids is 1. The maximum atomic E-state index is 12.5. The van der Waals surface area contributed by atoms with E-state index in [0.717, 1.165) is 11.4 Å². The lowest BCUT2D eigenvalue weighted by Crippen LogP contribution is -2.23. The van der Waals surface area contributed by atoms with Crippen molar-refractivity contribution in [3.63, 3.8) is 0 Å². The van der Waals surface area contributed by atoms with Crippen molar-refractivity contribution < 1.29 is 14.3 Å². The largest absolute Gasteiger partial charge is 0.490 e. The normalized spacial score (nSPS) is 10.4. The van der Waals surface area contributed by atoms with E-state index in [2.05, 4.69) is 15.3 Å². The third-order valence-corrected chi connectivity index (χ3v) is 3.84. The first-order chi connectivity index (χ1) is 13.2. The van der Waals surface area contributed by atoms with Crippen LogP contribution in [0.5, 0.6) is 11.5 Å². The van der Waals surface area contributed by atoms with Gasteiger partial charge in [0.15, 0.2) is 11.5 Å². The number of nitrogens with zero attached hydrogens (tertiary/aromatic N) is 3. The molecule has 3 rings (SSSR count). The van der Waals surface area contributed by atoms with Gasteiger partial charge in [0, 0.05) is 30.7 Å². The molecule has 0 fully saturated rings. The van der Waals surface area contributed by atoms with E-state index in [9.17, 15) is 4.79 Å². The van der Waals surface area contributed by atoms with Gasteiger partial charge in [0.05, 0.1) is 13.2 Å². The highest BCUT2D eigenvalue weighted by atomic mass is 16.5. The molecule has 1 N–H and O–H groups in total. The minimum atomic E-state index is -0.181. The van der Waals surface area contributed by atoms with Gasteiger partial charge in [-0.05, 0) is 49.7 Å². The van der Waals surface area contributed by atoms with Gasteiger partial charge in [-0.25, -0.2) is 9.97 Å². The maximum Gasteiger partial charge on any atom is 0.251 e. The number of hydrogen-bond donors (Lipinski definition) is 1. The molecule has 0 aliphatic carbocycles. The molecule has 7 nitrogen and oxygen atoms in total. The molecule has 0 spiro atoms. The third kappa shape index (κ3) is 4.63. The van der Waals surface area contributed by atoms with E-state index in [1.807, 2.05) is 36.7 Å². The quantitative estimate of drug-likeness (QED) is 0.663. The van der Waals surface area contributed by atoms with Crippen molar-refractivity contribution in [3.8, 4) is 17.3 Å². The van der Waals surface area contributed by atoms with Gasteiger partial charge in [0.1, 0.15) is 12.1 Å². The topological polar surface area (TPSA) is 78.3 Å². The Bertz CT molecular complexity index is 894. The van der Waals surface area contributed by atoms with Crippen LogP contribution in [0.25, 0.3) is 5.82 Å². The molecular formula is C20H22N4O3. The third-order valence-electron chi connectivity index (χ3n) is 3.84. The summed E-state index contributed by atoms with van der Waals surface area (Å²) < 4.78 is 12.9. The predicted molar refractivity (Wildman–Crippen MR) is 101 cm³/mol. The number of benzene rings is 1. The zero-order valence-corrected chi connectivity index (χ0v) is 15.4. The Labute approximate surface area is 158 Å². The molecule has 27 heavy (non-hydrogen) atoms. The summed E-state index contributed by atoms with van der Waals surface area (Å²) in [5.74, 6) is 1.77. The van der Waals surface area contributed by atoms with Gasteiger partial charge in [-0.3, -0.25) is 9.36 Å². The minimum absolute atomic E-state index is 0.181. The predicted octanol–water partition coefficient (Wildman–Crippen LogP) is 2.99. The Morgan fingerprint density at radius 1 is 1.07 bits per heavy atom. The molecule has 140 valence electrons. The fourth-order valence-electron chi connectivity index (χ4n) is 2.58. The second-order valence-electron chi connectivity index (χ2n) is 5.70. The second kappa shape index (κ2) is 8.84. The van der Waals surface area contributed by atoms with Crippen molar-refractivity contribution in [1.82, 2.24) is 19.9 Å². The van der Waals surface area contributed by atoms with Gasteiger partial charge in [-0.1, -0.05) is 0 Å². The van der Waals surface area contributed by atoms with Crippen LogP contribution >= 0.6 is 0 Å². The van der Waals surface area contributed by atoms with Crippen LogP contribution in [0, 0.1) is 0 Å². The summed E-state index contributed by atoms with van der Waals surface area (Å²) in [6.45, 7) is 5.22. The monoisotopic (exact) mass is 366 g/mol. The van der Waals surface area contributed by atoms with Gasteiger partial charge in [0.25, 0.3) is 5.91 Å². The van der Waals surface area contributed by atoms with Crippen molar-refractivity contribution in [2.75, 3.05) is 13.2 Å². The number of ether oxygens (including phenoxy) is 2. The fraction of sp³-hybridized carbons (Fsp3) is 0.250. The van der Waals surface area contributed by atoms with Crippen LogP contribution in [0.3, 0.4) is 0 Å². The van der Waals surface area contributed by atoms with E-state index in [1.54, 1.807) is 36.9 Å². The minimum Gasteiger partial charge on any atom is -0.490 e. The summed E-state index contributed by atoms with van der Waals surface area (Å²) in [7, 11) is 0. The number of hydrogen-bond acceptors (Lipinski definition) is 5. The molecule has 0 unspecified atom stereocenters. The molecule has 1 aromatic carbocycles. The number of pyridine rings is 1. The van der Waals surface area contributed by atoms with Gasteiger partial charge >= 0.3 is 0 Å². The molecule has 0 saturated heterocycles. The van der Waals surface area contributed by atoms with Crippen molar-refractivity contribution in [2.45, 2.75) is 20.4 Å². The molecule has 0 atom stereocenters. The van der Waals surface area contributed by atoms with Gasteiger partial charge in [-0.2, -0.15) is 0 Å². The number of amides is 1. The summed E-state index contributed by atoms with van der Waals surface area (Å²) in [6.07, 6.45) is 6.90. The number of imidazole rings is 1. The zero-order valence-electron chi connectivity index (χ0n) is 15.4. The van der Waals surface area contributed by atoms with Crippen LogP contribution in [-0.2, 0) is 6.54 Å². The lowest BCUT2D eigenvalue weighted by atomic mass is 10.1. The van der Waals surface area contributed by atoms with Crippen LogP contribution in [0.2, 0.25) is 0 Å². The number of carbonyl (C=O) groups is 1. The second-order valence-corrected chi connectivity index (χ2v) is 5.70. The highest BCUT2D eigenvalue weighted by Gasteiger charge is 2.11. The van der Waals surface area contributed by atoms with E-state index in [-0.39, 0.29) is 5.91 Å². The molecule has 2 heterocycles. The Morgan fingerprint density at radius 3 is 2.63 bits per heavy atom. The van der Waals surface area contributed by atoms with Gasteiger partial charge in [0.2, 0.25) is 0 Å². The average molecular weight is 366 g/mol. The Kier molecular flexibility index (Phi) is 6.04. The molecule has 0 radical (unpaired) electrons. The molecular weight excluding hydrogens is 344 g/mol. The molecule has 1 amide bonds. The van der Waals surface area contributed by atoms with Crippen LogP contribution in [0.1, 0.15) is 29.8 Å². The molecule has 0 aliphatic heterocycles. The zero-order chi connectivity index (χ0) is 19.1. The average Bonchev–Trinajstić information content (AvgIpc) is 3.23. The maximum absolute atomic E-state index is 12.5. The van der Waals surface area contributed by atoms with Crippen molar-refractivity contribution in [2.24, 2.45) is 0 Å². The summed E-state index contributed by atoms with van der Waals surface area (Å²) in [6, 6.07) is 8.96. The van der Waals surface area contributed by atoms with Crippen molar-refractivity contribution >= 4 is 5.91 Å². The summed E-state index contributed by atoms with van der Waals surface area (Å²) in [5, 5.41) is 2.92. The highest BCUT2D eigenvalue weighted by Crippen LogP contribution is 2.28. The molecule has 7 heteroatoms. The first-order valence-corrected chi connectivity index (χ1v) is 8.82. The first-order valence-electron chi connectivity index (χ1n) is 8.82. The number of aromatic nitrogens is 3. The van der Waals surface area contributed by atoms with Crippen LogP contribution < -0.4 is 14.8 Å². The van der Waals surface area contributed by atoms with E-state index in [4.69, 9.17) is 9.47 Å². The summed E-state index contributed by atoms with van der Waals surface area (Å²) >= 11 is 0. The van der Waals surface area contributed by atoms with E-state index in [1.165, 1.54) is 0 Å². The van der Waals surface area contributed by atoms with Gasteiger partial charge in [-0.15, -0.1) is 0 Å². The lowest BCUT2D eigenvalue weighted by Gasteiger charge is -2.12. The molecule has 0 aliphatic rings. The number of nitrogens with one attached hydrogen (secondary N) is 1. The number of rotatable bonds is 8. The Balaban J connectivity index is 1.69. The molecule has 2 aromatic heterocycles. The van der Waals surface area contributed by atoms with Gasteiger partial charge < -0.3 is 14.8 Å². The summed E-state index contributed by atoms with van der Waals surface area (Å²) in [5.41, 5.74) is 1.46. The van der Waals surface area contributed by atoms with Crippen molar-refractivity contribution in [1.29, 1.82) is 0 Å². The van der Waals surface area contributed by atoms with Crippen molar-refractivity contribution in [3.05, 3.63) is 66.4 Å². The van der Waals surface area contributed by atoms with E-state index < -0.39 is 0 Å². The molecule has 0 saturated carbocycles. The lowest BCUT2D eigenvalue weighted by molar-refractivity contribution is 0.0950. The highest BCUT2D eigenvalue weighted by molar-refractivity contribution is 5.94. The standard InChI is InChI=1S/C20H22N4O3/c1-3-26-17-6-5-16(12-18(17)27-4-2)20(25)23-13-15-7-8-22-19(11-15)24-10-9-21-14-24/h5-12,14H,3-4,13H2,1-2H3,(H,23,25). The molecule has 0 bridgehead atoms. The molecule has 3 aromatic rings. The summed E-state index contributed by atoms with van der Waals surface area (Å²) in [4.78, 5) is 20.8. The SMILES string of the molecule is CCOc1ccc(C(=O)NCc2ccnc(-n3ccnc3)c2)cc1OCC. The Morgan fingerprint density at radius 2 is 1.89 bits per heavy atom. The van der Waals surface area contributed by atoms with Crippen LogP contribution in [0.15, 0.2) is 55.2 Å². The first kappa shape index (κ1) is 18.4. The van der Waals surface area contributed by atoms with Crippen LogP contribution in [-0.4, -0.2) is 33.7 Å². The van der Waals surface area contributed by atoms with E-state index >= 15 is 0 Å². The van der Waals surface area contributed by atoms with E-state index in [0.29, 0.717) is 36.8 Å². The fourth-order valence-corrected chi connectivity index (χ4v) is 2.58. The smallest absolute Gasteiger partial charge is 0.251 e. The Hall–Kier alpha value is -3.35. The van der Waals surface area contributed by atoms with Crippen LogP contribution in [0.4, 0.5) is 0 Å².